The molecule has 0 atom stereocenters. The van der Waals surface area contributed by atoms with Gasteiger partial charge in [-0.05, 0) is 0 Å². The minimum atomic E-state index is -2.80. The summed E-state index contributed by atoms with van der Waals surface area (Å²) in [5, 5.41) is 6.88. The van der Waals surface area contributed by atoms with Crippen LogP contribution in [0.4, 0.5) is 0 Å². The molecule has 0 aromatic heterocycles. The number of allylic oxidation sites excluding steroid dienone is 4. The van der Waals surface area contributed by atoms with E-state index in [1.807, 2.05) is 0 Å². The quantitative estimate of drug-likeness (QED) is 0.0319. The van der Waals surface area contributed by atoms with Crippen LogP contribution in [0.1, 0.15) is 249 Å². The molecule has 1 aliphatic rings. The summed E-state index contributed by atoms with van der Waals surface area (Å²) in [5.74, 6) is 0. The van der Waals surface area contributed by atoms with Gasteiger partial charge in [-0.25, -0.2) is 0 Å². The molecule has 0 unspecified atom stereocenters. The summed E-state index contributed by atoms with van der Waals surface area (Å²) in [5.41, 5.74) is 11.2. The van der Waals surface area contributed by atoms with Crippen molar-refractivity contribution in [1.82, 2.24) is 0 Å². The number of aryl methyl sites for hydroxylation is 6. The van der Waals surface area contributed by atoms with E-state index in [1.54, 1.807) is 63.6 Å². The Morgan fingerprint density at radius 1 is 0.348 bits per heavy atom. The van der Waals surface area contributed by atoms with Crippen LogP contribution in [0.3, 0.4) is 0 Å². The van der Waals surface area contributed by atoms with E-state index in [1.165, 1.54) is 193 Å². The van der Waals surface area contributed by atoms with Gasteiger partial charge in [-0.15, -0.1) is 0 Å². The zero-order valence-electron chi connectivity index (χ0n) is 43.5. The van der Waals surface area contributed by atoms with Crippen LogP contribution in [0.2, 0.25) is 0 Å². The number of hydrogen-bond acceptors (Lipinski definition) is 0. The zero-order chi connectivity index (χ0) is 45.1. The van der Waals surface area contributed by atoms with Crippen LogP contribution in [0.5, 0.6) is 0 Å². The molecule has 0 nitrogen and oxygen atoms in total. The molecule has 5 heteroatoms. The first-order chi connectivity index (χ1) is 30.9. The first kappa shape index (κ1) is 63.0. The molecule has 0 aliphatic heterocycles. The molecule has 4 rings (SSSR count). The van der Waals surface area contributed by atoms with Gasteiger partial charge in [-0.2, -0.15) is 0 Å². The van der Waals surface area contributed by atoms with E-state index in [4.69, 9.17) is 0 Å². The molecule has 0 spiro atoms. The predicted octanol–water partition coefficient (Wildman–Crippen LogP) is 7.99. The summed E-state index contributed by atoms with van der Waals surface area (Å²) in [6, 6.07) is 24.8. The van der Waals surface area contributed by atoms with Gasteiger partial charge in [0.2, 0.25) is 0 Å². The Morgan fingerprint density at radius 2 is 0.591 bits per heavy atom. The molecule has 0 saturated heterocycles. The third kappa shape index (κ3) is 20.0. The first-order valence-corrected chi connectivity index (χ1v) is 30.2. The van der Waals surface area contributed by atoms with Crippen LogP contribution in [0, 0.1) is 0 Å². The van der Waals surface area contributed by atoms with Crippen LogP contribution in [0.15, 0.2) is 75.3 Å². The van der Waals surface area contributed by atoms with Gasteiger partial charge in [0.15, 0.2) is 0 Å². The maximum atomic E-state index is 2.81. The van der Waals surface area contributed by atoms with Gasteiger partial charge in [0.25, 0.3) is 0 Å². The molecule has 0 radical (unpaired) electrons. The molecule has 0 fully saturated rings. The minimum Gasteiger partial charge on any atom is -1.00 e. The van der Waals surface area contributed by atoms with Gasteiger partial charge in [0.1, 0.15) is 0 Å². The van der Waals surface area contributed by atoms with Crippen LogP contribution >= 0.6 is 0 Å². The van der Waals surface area contributed by atoms with E-state index < -0.39 is 8.07 Å². The Balaban J connectivity index is 0.00000726. The van der Waals surface area contributed by atoms with E-state index in [0.717, 1.165) is 12.8 Å². The van der Waals surface area contributed by atoms with E-state index in [9.17, 15) is 0 Å². The van der Waals surface area contributed by atoms with E-state index in [2.05, 4.69) is 130 Å². The summed E-state index contributed by atoms with van der Waals surface area (Å²) in [7, 11) is -2.80. The summed E-state index contributed by atoms with van der Waals surface area (Å²) in [6.45, 7) is 16.6. The number of rotatable bonds is 35. The van der Waals surface area contributed by atoms with Gasteiger partial charge in [0.05, 0.1) is 0 Å². The maximum absolute atomic E-state index is 2.81. The van der Waals surface area contributed by atoms with Crippen molar-refractivity contribution in [3.8, 4) is 0 Å². The average Bonchev–Trinajstić information content (AvgIpc) is 3.67. The second-order valence-electron chi connectivity index (χ2n) is 19.9. The van der Waals surface area contributed by atoms with Crippen LogP contribution < -0.4 is 52.8 Å². The van der Waals surface area contributed by atoms with Gasteiger partial charge in [-0.3, -0.25) is 0 Å². The molecular weight excluding hydrogens is 915 g/mol. The summed E-state index contributed by atoms with van der Waals surface area (Å²) >= 11 is 2.54. The van der Waals surface area contributed by atoms with Gasteiger partial charge in [-0.1, -0.05) is 0 Å². The summed E-state index contributed by atoms with van der Waals surface area (Å²) < 4.78 is 1.62. The molecule has 0 bridgehead atoms. The Labute approximate surface area is 440 Å². The van der Waals surface area contributed by atoms with Crippen LogP contribution in [0.25, 0.3) is 0 Å². The minimum absolute atomic E-state index is 0. The van der Waals surface area contributed by atoms with Crippen molar-refractivity contribution in [2.45, 2.75) is 254 Å². The van der Waals surface area contributed by atoms with Crippen molar-refractivity contribution in [3.63, 3.8) is 0 Å². The van der Waals surface area contributed by atoms with E-state index in [0.29, 0.717) is 0 Å². The summed E-state index contributed by atoms with van der Waals surface area (Å²) in [6.07, 6.45) is 43.8. The third-order valence-electron chi connectivity index (χ3n) is 14.4. The van der Waals surface area contributed by atoms with Crippen molar-refractivity contribution in [3.05, 3.63) is 109 Å². The standard InChI is InChI=1S/C61H95Si.3ClH.Ti/c1-8-15-21-27-33-52-41-53(34-28-22-16-9-2)46-59(45-52)62(58-40-39-51(14-7)44-58,60-47-54(35-29-23-17-10-3)42-55(48-60)36-30-24-18-11-4)61-49-56(37-31-25-19-12-5)43-57(50-61)38-32-26-20-13-6;;;;/h39,41-43,45-50H,8-38,40H2,1-7H3;3*1H;/q;;;;+3/p-3. The van der Waals surface area contributed by atoms with E-state index >= 15 is 0 Å². The fraction of sp³-hybridized carbons (Fsp3) is 0.639. The number of hydrogen-bond donors (Lipinski definition) is 0. The Kier molecular flexibility index (Phi) is 35.1. The topological polar surface area (TPSA) is 0 Å². The Bertz CT molecular complexity index is 1550. The predicted molar refractivity (Wildman–Crippen MR) is 281 cm³/mol. The molecule has 3 aromatic rings. The van der Waals surface area contributed by atoms with E-state index in [-0.39, 0.29) is 37.2 Å². The van der Waals surface area contributed by atoms with Crippen molar-refractivity contribution < 1.29 is 57.7 Å². The van der Waals surface area contributed by atoms with Crippen molar-refractivity contribution >= 4 is 23.6 Å². The van der Waals surface area contributed by atoms with Crippen molar-refractivity contribution in [2.75, 3.05) is 0 Å². The molecule has 1 aliphatic carbocycles. The molecule has 368 valence electrons. The van der Waals surface area contributed by atoms with Crippen molar-refractivity contribution in [2.24, 2.45) is 0 Å². The van der Waals surface area contributed by atoms with Crippen LogP contribution in [-0.4, -0.2) is 8.07 Å². The first-order valence-electron chi connectivity index (χ1n) is 27.4. The molecule has 0 saturated carbocycles. The van der Waals surface area contributed by atoms with Crippen molar-refractivity contribution in [1.29, 1.82) is 0 Å². The number of unbranched alkanes of at least 4 members (excludes halogenated alkanes) is 18. The van der Waals surface area contributed by atoms with Gasteiger partial charge in [0, 0.05) is 0 Å². The molecule has 0 amide bonds. The largest absolute Gasteiger partial charge is 1.00 e. The summed E-state index contributed by atoms with van der Waals surface area (Å²) in [4.78, 5) is 0. The number of benzene rings is 3. The van der Waals surface area contributed by atoms with Crippen LogP contribution in [-0.2, 0) is 59.0 Å². The normalized spacial score (nSPS) is 12.5. The zero-order valence-corrected chi connectivity index (χ0v) is 48.4. The maximum Gasteiger partial charge on any atom is -1.00 e. The number of halogens is 3. The fourth-order valence-electron chi connectivity index (χ4n) is 10.6. The second-order valence-corrected chi connectivity index (χ2v) is 24.5. The second kappa shape index (κ2) is 36.8. The molecule has 66 heavy (non-hydrogen) atoms. The smallest absolute Gasteiger partial charge is 1.00 e. The molecular formula is C61H95Cl3SiTi. The monoisotopic (exact) mass is 1010 g/mol. The SMILES string of the molecule is CCCCCCc1cc(CCCCCC)cc([Si](C2=[C]([Ti+3])C(CC)=CC2)(c2cc(CCCCCC)cc(CCCCCC)c2)c2cc(CCCCCC)cc(CCCCCC)c2)c1.[Cl-].[Cl-].[Cl-]. The third-order valence-corrected chi connectivity index (χ3v) is 20.6. The Hall–Kier alpha value is -1.06. The molecule has 3 aromatic carbocycles. The van der Waals surface area contributed by atoms with Gasteiger partial charge < -0.3 is 37.2 Å². The fourth-order valence-corrected chi connectivity index (χ4v) is 17.5. The molecule has 0 N–H and O–H groups in total. The average molecular weight is 1010 g/mol. The molecule has 0 heterocycles. The Morgan fingerprint density at radius 3 is 0.788 bits per heavy atom. The van der Waals surface area contributed by atoms with Gasteiger partial charge >= 0.3 is 407 Å².